The van der Waals surface area contributed by atoms with Crippen LogP contribution in [0.15, 0.2) is 48.5 Å². The average Bonchev–Trinajstić information content (AvgIpc) is 3.30. The summed E-state index contributed by atoms with van der Waals surface area (Å²) in [6, 6.07) is 14.5. The number of nitrogens with zero attached hydrogens (tertiary/aromatic N) is 2. The van der Waals surface area contributed by atoms with Gasteiger partial charge in [0.1, 0.15) is 11.6 Å². The van der Waals surface area contributed by atoms with Gasteiger partial charge in [0.2, 0.25) is 0 Å². The van der Waals surface area contributed by atoms with Crippen molar-refractivity contribution in [2.45, 2.75) is 65.2 Å². The highest BCUT2D eigenvalue weighted by Crippen LogP contribution is 2.48. The maximum absolute atomic E-state index is 13.1. The number of carboxylic acid groups (broad SMARTS) is 1. The first-order valence-electron chi connectivity index (χ1n) is 13.8. The van der Waals surface area contributed by atoms with Gasteiger partial charge in [-0.15, -0.1) is 0 Å². The average molecular weight is 517 g/mol. The van der Waals surface area contributed by atoms with E-state index in [0.717, 1.165) is 58.2 Å². The van der Waals surface area contributed by atoms with Crippen LogP contribution >= 0.6 is 0 Å². The van der Waals surface area contributed by atoms with Gasteiger partial charge in [0.05, 0.1) is 18.7 Å². The maximum atomic E-state index is 13.1. The van der Waals surface area contributed by atoms with Crippen LogP contribution in [0.1, 0.15) is 61.0 Å². The Morgan fingerprint density at radius 1 is 1.00 bits per heavy atom. The molecule has 2 aliphatic rings. The van der Waals surface area contributed by atoms with E-state index in [-0.39, 0.29) is 12.2 Å². The molecule has 6 heteroatoms. The lowest BCUT2D eigenvalue weighted by molar-refractivity contribution is -0.136. The minimum atomic E-state index is -0.831. The Labute approximate surface area is 224 Å². The molecule has 2 fully saturated rings. The van der Waals surface area contributed by atoms with Gasteiger partial charge in [0.25, 0.3) is 0 Å². The molecule has 1 N–H and O–H groups in total. The molecule has 2 heterocycles. The fourth-order valence-electron chi connectivity index (χ4n) is 6.42. The third-order valence-corrected chi connectivity index (χ3v) is 8.37. The molecule has 0 bridgehead atoms. The molecule has 1 spiro atoms. The van der Waals surface area contributed by atoms with Crippen molar-refractivity contribution in [1.29, 1.82) is 0 Å². The summed E-state index contributed by atoms with van der Waals surface area (Å²) >= 11 is 0. The van der Waals surface area contributed by atoms with Crippen molar-refractivity contribution in [2.24, 2.45) is 5.41 Å². The van der Waals surface area contributed by atoms with Gasteiger partial charge in [0.15, 0.2) is 0 Å². The number of aromatic nitrogens is 1. The van der Waals surface area contributed by atoms with Gasteiger partial charge >= 0.3 is 5.97 Å². The van der Waals surface area contributed by atoms with Crippen LogP contribution in [0, 0.1) is 25.1 Å². The number of aryl methyl sites for hydroxylation is 2. The summed E-state index contributed by atoms with van der Waals surface area (Å²) in [6.45, 7) is 6.39. The third-order valence-electron chi connectivity index (χ3n) is 8.37. The molecule has 0 radical (unpaired) electrons. The number of rotatable bonds is 8. The number of anilines is 1. The third kappa shape index (κ3) is 5.69. The van der Waals surface area contributed by atoms with Crippen molar-refractivity contribution in [3.63, 3.8) is 0 Å². The topological polar surface area (TPSA) is 62.7 Å². The first kappa shape index (κ1) is 26.2. The van der Waals surface area contributed by atoms with Crippen LogP contribution in [0.3, 0.4) is 0 Å². The summed E-state index contributed by atoms with van der Waals surface area (Å²) in [5.74, 6) is -0.300. The molecular formula is C32H37FN2O3. The zero-order chi connectivity index (χ0) is 26.7. The summed E-state index contributed by atoms with van der Waals surface area (Å²) in [5, 5.41) is 9.76. The lowest BCUT2D eigenvalue weighted by Crippen LogP contribution is -2.30. The van der Waals surface area contributed by atoms with Gasteiger partial charge in [-0.2, -0.15) is 0 Å². The van der Waals surface area contributed by atoms with E-state index < -0.39 is 5.97 Å². The summed E-state index contributed by atoms with van der Waals surface area (Å²) in [7, 11) is 0. The van der Waals surface area contributed by atoms with Crippen LogP contribution in [0.5, 0.6) is 5.75 Å². The number of carboxylic acids is 1. The van der Waals surface area contributed by atoms with Crippen molar-refractivity contribution in [1.82, 2.24) is 4.98 Å². The largest absolute Gasteiger partial charge is 0.493 e. The summed E-state index contributed by atoms with van der Waals surface area (Å²) in [4.78, 5) is 19.2. The summed E-state index contributed by atoms with van der Waals surface area (Å²) < 4.78 is 19.1. The van der Waals surface area contributed by atoms with Gasteiger partial charge in [-0.05, 0) is 73.9 Å². The highest BCUT2D eigenvalue weighted by molar-refractivity contribution is 5.86. The Kier molecular flexibility index (Phi) is 7.68. The molecule has 1 saturated carbocycles. The van der Waals surface area contributed by atoms with E-state index in [1.165, 1.54) is 50.7 Å². The first-order valence-corrected chi connectivity index (χ1v) is 13.8. The van der Waals surface area contributed by atoms with Crippen molar-refractivity contribution >= 4 is 11.7 Å². The van der Waals surface area contributed by atoms with Crippen molar-refractivity contribution < 1.29 is 19.0 Å². The smallest absolute Gasteiger partial charge is 0.307 e. The number of hydrogen-bond donors (Lipinski definition) is 1. The number of ether oxygens (including phenoxy) is 1. The Morgan fingerprint density at radius 3 is 2.39 bits per heavy atom. The fourth-order valence-corrected chi connectivity index (χ4v) is 6.42. The zero-order valence-electron chi connectivity index (χ0n) is 22.4. The molecule has 1 aliphatic carbocycles. The molecule has 1 aromatic heterocycles. The van der Waals surface area contributed by atoms with E-state index in [1.54, 1.807) is 12.1 Å². The van der Waals surface area contributed by atoms with Crippen LogP contribution < -0.4 is 9.64 Å². The van der Waals surface area contributed by atoms with E-state index in [4.69, 9.17) is 9.72 Å². The van der Waals surface area contributed by atoms with Crippen molar-refractivity contribution in [3.05, 3.63) is 76.9 Å². The van der Waals surface area contributed by atoms with Gasteiger partial charge < -0.3 is 14.7 Å². The number of pyridine rings is 1. The molecule has 1 saturated heterocycles. The Bertz CT molecular complexity index is 1280. The van der Waals surface area contributed by atoms with Crippen LogP contribution in [0.25, 0.3) is 11.1 Å². The molecule has 3 aromatic rings. The Morgan fingerprint density at radius 2 is 1.71 bits per heavy atom. The molecule has 2 aromatic carbocycles. The second-order valence-corrected chi connectivity index (χ2v) is 11.0. The van der Waals surface area contributed by atoms with Gasteiger partial charge in [-0.3, -0.25) is 9.78 Å². The van der Waals surface area contributed by atoms with E-state index in [0.29, 0.717) is 18.4 Å². The molecule has 1 aliphatic heterocycles. The SMILES string of the molecule is Cc1nc(C)c(-c2ccc(OCCc3ccc(F)cc3)cc2)c(N2CCC3(CCCCC3)C2)c1CC(=O)O. The minimum absolute atomic E-state index is 0.0322. The normalized spacial score (nSPS) is 16.7. The first-order chi connectivity index (χ1) is 18.3. The van der Waals surface area contributed by atoms with Gasteiger partial charge in [0, 0.05) is 42.0 Å². The van der Waals surface area contributed by atoms with E-state index in [2.05, 4.69) is 4.90 Å². The maximum Gasteiger partial charge on any atom is 0.307 e. The molecule has 5 nitrogen and oxygen atoms in total. The van der Waals surface area contributed by atoms with E-state index in [9.17, 15) is 14.3 Å². The van der Waals surface area contributed by atoms with Gasteiger partial charge in [-0.25, -0.2) is 4.39 Å². The van der Waals surface area contributed by atoms with Crippen LogP contribution in [0.4, 0.5) is 10.1 Å². The van der Waals surface area contributed by atoms with Gasteiger partial charge in [-0.1, -0.05) is 43.5 Å². The number of halogens is 1. The fraction of sp³-hybridized carbons (Fsp3) is 0.438. The summed E-state index contributed by atoms with van der Waals surface area (Å²) in [5.41, 5.74) is 7.01. The van der Waals surface area contributed by atoms with Crippen LogP contribution in [-0.2, 0) is 17.6 Å². The molecule has 0 atom stereocenters. The standard InChI is InChI=1S/C32H37FN2O3/c1-22-28(20-29(36)37)31(35-18-17-32(21-35)15-4-3-5-16-32)30(23(2)34-22)25-8-12-27(13-9-25)38-19-14-24-6-10-26(33)11-7-24/h6-13H,3-5,14-21H2,1-2H3,(H,36,37). The molecule has 200 valence electrons. The number of hydrogen-bond acceptors (Lipinski definition) is 4. The highest BCUT2D eigenvalue weighted by Gasteiger charge is 2.40. The zero-order valence-corrected chi connectivity index (χ0v) is 22.4. The number of aliphatic carboxylic acids is 1. The minimum Gasteiger partial charge on any atom is -0.493 e. The lowest BCUT2D eigenvalue weighted by atomic mass is 9.73. The predicted octanol–water partition coefficient (Wildman–Crippen LogP) is 6.91. The van der Waals surface area contributed by atoms with Crippen LogP contribution in [0.2, 0.25) is 0 Å². The molecule has 0 unspecified atom stereocenters. The van der Waals surface area contributed by atoms with Crippen LogP contribution in [-0.4, -0.2) is 35.8 Å². The predicted molar refractivity (Wildman–Crippen MR) is 148 cm³/mol. The molecule has 38 heavy (non-hydrogen) atoms. The Hall–Kier alpha value is -3.41. The summed E-state index contributed by atoms with van der Waals surface area (Å²) in [6.07, 6.45) is 8.26. The monoisotopic (exact) mass is 516 g/mol. The second kappa shape index (κ2) is 11.1. The molecule has 5 rings (SSSR count). The highest BCUT2D eigenvalue weighted by atomic mass is 19.1. The van der Waals surface area contributed by atoms with Crippen molar-refractivity contribution in [2.75, 3.05) is 24.6 Å². The quantitative estimate of drug-likeness (QED) is 0.352. The molecular weight excluding hydrogens is 479 g/mol. The van der Waals surface area contributed by atoms with E-state index >= 15 is 0 Å². The van der Waals surface area contributed by atoms with E-state index in [1.807, 2.05) is 38.1 Å². The number of carbonyl (C=O) groups is 1. The Balaban J connectivity index is 1.42. The van der Waals surface area contributed by atoms with Crippen molar-refractivity contribution in [3.8, 4) is 16.9 Å². The molecule has 0 amide bonds. The lowest BCUT2D eigenvalue weighted by Gasteiger charge is -2.34. The second-order valence-electron chi connectivity index (χ2n) is 11.0. The number of benzene rings is 2.